The molecule has 0 unspecified atom stereocenters. The van der Waals surface area contributed by atoms with Crippen LogP contribution in [0.1, 0.15) is 6.42 Å². The van der Waals surface area contributed by atoms with Gasteiger partial charge in [0.1, 0.15) is 0 Å². The molecule has 0 atom stereocenters. The zero-order valence-electron chi connectivity index (χ0n) is 7.99. The molecule has 0 aromatic carbocycles. The van der Waals surface area contributed by atoms with Crippen molar-refractivity contribution in [2.75, 3.05) is 39.8 Å². The molecule has 1 heterocycles. The summed E-state index contributed by atoms with van der Waals surface area (Å²) in [5.41, 5.74) is 0. The average Bonchev–Trinajstić information content (AvgIpc) is 2.15. The maximum absolute atomic E-state index is 10.4. The fraction of sp³-hybridized carbons (Fsp3) is 0.875. The van der Waals surface area contributed by atoms with Gasteiger partial charge in [-0.15, -0.1) is 0 Å². The van der Waals surface area contributed by atoms with Crippen molar-refractivity contribution in [3.8, 4) is 0 Å². The molecule has 0 spiro atoms. The van der Waals surface area contributed by atoms with Gasteiger partial charge < -0.3 is 15.5 Å². The third-order valence-electron chi connectivity index (χ3n) is 2.17. The first-order chi connectivity index (χ1) is 5.68. The van der Waals surface area contributed by atoms with Crippen molar-refractivity contribution >= 4 is 5.97 Å². The molecule has 0 radical (unpaired) electrons. The Labute approximate surface area is 78.2 Å². The number of hydrogen-bond donors (Lipinski definition) is 1. The fourth-order valence-corrected chi connectivity index (χ4v) is 1.45. The van der Waals surface area contributed by atoms with Crippen molar-refractivity contribution in [3.05, 3.63) is 0 Å². The monoisotopic (exact) mass is 190 g/mol. The lowest BCUT2D eigenvalue weighted by atomic mass is 10.4. The molecule has 0 aromatic heterocycles. The van der Waals surface area contributed by atoms with Gasteiger partial charge >= 0.3 is 5.97 Å². The van der Waals surface area contributed by atoms with Crippen LogP contribution in [0.3, 0.4) is 0 Å². The van der Waals surface area contributed by atoms with E-state index in [9.17, 15) is 4.79 Å². The van der Waals surface area contributed by atoms with Gasteiger partial charge in [0.15, 0.2) is 0 Å². The minimum absolute atomic E-state index is 0. The number of carboxylic acids is 1. The van der Waals surface area contributed by atoms with E-state index >= 15 is 0 Å². The highest BCUT2D eigenvalue weighted by molar-refractivity contribution is 5.69. The largest absolute Gasteiger partial charge is 0.480 e. The molecule has 1 rings (SSSR count). The van der Waals surface area contributed by atoms with Crippen molar-refractivity contribution in [2.24, 2.45) is 0 Å². The Morgan fingerprint density at radius 3 is 2.62 bits per heavy atom. The normalized spacial score (nSPS) is 20.4. The number of carbonyl (C=O) groups is 1. The van der Waals surface area contributed by atoms with Crippen LogP contribution in [0.4, 0.5) is 0 Å². The molecule has 5 nitrogen and oxygen atoms in total. The molecular weight excluding hydrogens is 172 g/mol. The van der Waals surface area contributed by atoms with E-state index in [0.717, 1.165) is 32.6 Å². The first kappa shape index (κ1) is 12.3. The second-order valence-corrected chi connectivity index (χ2v) is 3.33. The molecule has 0 aromatic rings. The maximum atomic E-state index is 10.4. The Bertz CT molecular complexity index is 163. The van der Waals surface area contributed by atoms with Crippen molar-refractivity contribution in [1.29, 1.82) is 0 Å². The lowest BCUT2D eigenvalue weighted by molar-refractivity contribution is -0.138. The van der Waals surface area contributed by atoms with Crippen LogP contribution in [-0.2, 0) is 4.79 Å². The number of aliphatic carboxylic acids is 1. The summed E-state index contributed by atoms with van der Waals surface area (Å²) in [6.45, 7) is 4.04. The Hall–Kier alpha value is -0.650. The number of hydrogen-bond acceptors (Lipinski definition) is 3. The molecule has 1 aliphatic rings. The zero-order chi connectivity index (χ0) is 8.97. The lowest BCUT2D eigenvalue weighted by Crippen LogP contribution is -2.33. The van der Waals surface area contributed by atoms with E-state index in [-0.39, 0.29) is 12.0 Å². The average molecular weight is 190 g/mol. The highest BCUT2D eigenvalue weighted by Gasteiger charge is 2.13. The van der Waals surface area contributed by atoms with Gasteiger partial charge in [0.05, 0.1) is 6.54 Å². The summed E-state index contributed by atoms with van der Waals surface area (Å²) < 4.78 is 0. The quantitative estimate of drug-likeness (QED) is 0.598. The Kier molecular flexibility index (Phi) is 5.61. The number of carboxylic acid groups (broad SMARTS) is 1. The van der Waals surface area contributed by atoms with Gasteiger partial charge in [0.25, 0.3) is 0 Å². The van der Waals surface area contributed by atoms with Crippen molar-refractivity contribution in [1.82, 2.24) is 9.80 Å². The number of rotatable bonds is 2. The Morgan fingerprint density at radius 1 is 1.31 bits per heavy atom. The zero-order valence-corrected chi connectivity index (χ0v) is 7.99. The van der Waals surface area contributed by atoms with Crippen LogP contribution in [-0.4, -0.2) is 66.1 Å². The summed E-state index contributed by atoms with van der Waals surface area (Å²) in [4.78, 5) is 14.6. The lowest BCUT2D eigenvalue weighted by Gasteiger charge is -2.16. The summed E-state index contributed by atoms with van der Waals surface area (Å²) >= 11 is 0. The van der Waals surface area contributed by atoms with E-state index < -0.39 is 5.97 Å². The van der Waals surface area contributed by atoms with E-state index in [2.05, 4.69) is 11.9 Å². The molecule has 1 saturated heterocycles. The van der Waals surface area contributed by atoms with Crippen LogP contribution >= 0.6 is 0 Å². The second kappa shape index (κ2) is 5.90. The molecule has 13 heavy (non-hydrogen) atoms. The van der Waals surface area contributed by atoms with Gasteiger partial charge in [-0.2, -0.15) is 0 Å². The maximum Gasteiger partial charge on any atom is 0.317 e. The van der Waals surface area contributed by atoms with Gasteiger partial charge in [-0.05, 0) is 20.0 Å². The Balaban J connectivity index is 0.00000144. The third kappa shape index (κ3) is 4.82. The Morgan fingerprint density at radius 2 is 2.00 bits per heavy atom. The third-order valence-corrected chi connectivity index (χ3v) is 2.17. The van der Waals surface area contributed by atoms with Crippen LogP contribution in [0, 0.1) is 0 Å². The smallest absolute Gasteiger partial charge is 0.317 e. The first-order valence-corrected chi connectivity index (χ1v) is 4.31. The molecule has 0 bridgehead atoms. The van der Waals surface area contributed by atoms with E-state index in [1.807, 2.05) is 4.90 Å². The first-order valence-electron chi connectivity index (χ1n) is 4.31. The molecule has 3 N–H and O–H groups in total. The SMILES string of the molecule is CN1CCCN(CC(=O)O)CC1.O. The van der Waals surface area contributed by atoms with Crippen LogP contribution in [0.5, 0.6) is 0 Å². The molecule has 0 amide bonds. The van der Waals surface area contributed by atoms with Gasteiger partial charge in [-0.25, -0.2) is 0 Å². The molecule has 0 aliphatic carbocycles. The second-order valence-electron chi connectivity index (χ2n) is 3.33. The van der Waals surface area contributed by atoms with Crippen molar-refractivity contribution in [3.63, 3.8) is 0 Å². The van der Waals surface area contributed by atoms with Crippen molar-refractivity contribution in [2.45, 2.75) is 6.42 Å². The summed E-state index contributed by atoms with van der Waals surface area (Å²) in [5, 5.41) is 8.57. The molecule has 1 fully saturated rings. The van der Waals surface area contributed by atoms with Gasteiger partial charge in [-0.1, -0.05) is 0 Å². The summed E-state index contributed by atoms with van der Waals surface area (Å²) in [6.07, 6.45) is 1.07. The standard InChI is InChI=1S/C8H16N2O2.H2O/c1-9-3-2-4-10(6-5-9)7-8(11)12;/h2-7H2,1H3,(H,11,12);1H2. The highest BCUT2D eigenvalue weighted by atomic mass is 16.4. The number of nitrogens with zero attached hydrogens (tertiary/aromatic N) is 2. The molecule has 78 valence electrons. The van der Waals surface area contributed by atoms with Gasteiger partial charge in [0, 0.05) is 19.6 Å². The van der Waals surface area contributed by atoms with E-state index in [1.165, 1.54) is 0 Å². The van der Waals surface area contributed by atoms with Crippen molar-refractivity contribution < 1.29 is 15.4 Å². The summed E-state index contributed by atoms with van der Waals surface area (Å²) in [7, 11) is 2.07. The molecule has 0 saturated carbocycles. The van der Waals surface area contributed by atoms with Gasteiger partial charge in [-0.3, -0.25) is 9.69 Å². The van der Waals surface area contributed by atoms with E-state index in [4.69, 9.17) is 5.11 Å². The molecule has 1 aliphatic heterocycles. The minimum Gasteiger partial charge on any atom is -0.480 e. The predicted octanol–water partition coefficient (Wildman–Crippen LogP) is -1.12. The van der Waals surface area contributed by atoms with Crippen LogP contribution < -0.4 is 0 Å². The number of likely N-dealkylation sites (N-methyl/N-ethyl adjacent to an activating group) is 1. The summed E-state index contributed by atoms with van der Waals surface area (Å²) in [6, 6.07) is 0. The van der Waals surface area contributed by atoms with Gasteiger partial charge in [0.2, 0.25) is 0 Å². The molecule has 5 heteroatoms. The minimum atomic E-state index is -0.723. The van der Waals surface area contributed by atoms with Crippen LogP contribution in [0.15, 0.2) is 0 Å². The van der Waals surface area contributed by atoms with E-state index in [1.54, 1.807) is 0 Å². The predicted molar refractivity (Wildman–Crippen MR) is 49.8 cm³/mol. The summed E-state index contributed by atoms with van der Waals surface area (Å²) in [5.74, 6) is -0.723. The fourth-order valence-electron chi connectivity index (χ4n) is 1.45. The highest BCUT2D eigenvalue weighted by Crippen LogP contribution is 1.99. The topological polar surface area (TPSA) is 75.3 Å². The van der Waals surface area contributed by atoms with Crippen LogP contribution in [0.25, 0.3) is 0 Å². The molecular formula is C8H18N2O3. The van der Waals surface area contributed by atoms with E-state index in [0.29, 0.717) is 0 Å². The van der Waals surface area contributed by atoms with Crippen LogP contribution in [0.2, 0.25) is 0 Å².